The number of carboxylic acid groups (broad SMARTS) is 1. The van der Waals surface area contributed by atoms with Crippen molar-refractivity contribution in [3.05, 3.63) is 48.0 Å². The number of carbonyl (C=O) groups is 2. The summed E-state index contributed by atoms with van der Waals surface area (Å²) in [5.74, 6) is -2.40. The van der Waals surface area contributed by atoms with Crippen LogP contribution in [-0.2, 0) is 14.3 Å². The molecule has 1 aliphatic rings. The van der Waals surface area contributed by atoms with Crippen LogP contribution in [0.25, 0.3) is 10.8 Å². The first-order chi connectivity index (χ1) is 11.9. The zero-order valence-electron chi connectivity index (χ0n) is 12.9. The van der Waals surface area contributed by atoms with Crippen LogP contribution in [0.4, 0.5) is 0 Å². The van der Waals surface area contributed by atoms with E-state index in [0.717, 1.165) is 5.39 Å². The van der Waals surface area contributed by atoms with Crippen LogP contribution in [0.2, 0.25) is 0 Å². The minimum absolute atomic E-state index is 0.196. The molecule has 5 atom stereocenters. The number of ether oxygens (including phenoxy) is 2. The van der Waals surface area contributed by atoms with Crippen LogP contribution < -0.4 is 0 Å². The lowest BCUT2D eigenvalue weighted by Gasteiger charge is -2.37. The van der Waals surface area contributed by atoms with Gasteiger partial charge in [-0.15, -0.1) is 0 Å². The largest absolute Gasteiger partial charge is 0.479 e. The third-order valence-electron chi connectivity index (χ3n) is 4.05. The zero-order chi connectivity index (χ0) is 18.1. The lowest BCUT2D eigenvalue weighted by atomic mass is 9.99. The molecule has 5 unspecified atom stereocenters. The molecule has 8 nitrogen and oxygen atoms in total. The van der Waals surface area contributed by atoms with E-state index in [-0.39, 0.29) is 5.56 Å². The smallest absolute Gasteiger partial charge is 0.341 e. The van der Waals surface area contributed by atoms with Crippen molar-refractivity contribution < 1.29 is 39.5 Å². The maximum Gasteiger partial charge on any atom is 0.341 e. The van der Waals surface area contributed by atoms with Crippen LogP contribution in [0.1, 0.15) is 10.4 Å². The van der Waals surface area contributed by atoms with Crippen molar-refractivity contribution in [2.75, 3.05) is 0 Å². The lowest BCUT2D eigenvalue weighted by Crippen LogP contribution is -2.60. The number of aliphatic hydroxyl groups is 3. The van der Waals surface area contributed by atoms with E-state index in [1.165, 1.54) is 6.07 Å². The van der Waals surface area contributed by atoms with Gasteiger partial charge in [0.15, 0.2) is 6.10 Å². The van der Waals surface area contributed by atoms with Crippen molar-refractivity contribution >= 4 is 22.7 Å². The van der Waals surface area contributed by atoms with Crippen molar-refractivity contribution in [3.8, 4) is 0 Å². The molecular weight excluding hydrogens is 332 g/mol. The highest BCUT2D eigenvalue weighted by Crippen LogP contribution is 2.25. The van der Waals surface area contributed by atoms with E-state index < -0.39 is 42.6 Å². The number of rotatable bonds is 3. The summed E-state index contributed by atoms with van der Waals surface area (Å²) in [7, 11) is 0. The fourth-order valence-electron chi connectivity index (χ4n) is 2.72. The molecule has 1 fully saturated rings. The van der Waals surface area contributed by atoms with E-state index in [9.17, 15) is 24.9 Å². The molecule has 2 aromatic carbocycles. The van der Waals surface area contributed by atoms with E-state index in [0.29, 0.717) is 5.39 Å². The van der Waals surface area contributed by atoms with Crippen molar-refractivity contribution in [1.82, 2.24) is 0 Å². The quantitative estimate of drug-likeness (QED) is 0.565. The Morgan fingerprint density at radius 3 is 2.32 bits per heavy atom. The Morgan fingerprint density at radius 1 is 0.920 bits per heavy atom. The van der Waals surface area contributed by atoms with E-state index in [1.807, 2.05) is 0 Å². The minimum Gasteiger partial charge on any atom is -0.479 e. The Bertz CT molecular complexity index is 799. The van der Waals surface area contributed by atoms with Crippen LogP contribution in [0, 0.1) is 0 Å². The average molecular weight is 348 g/mol. The average Bonchev–Trinajstić information content (AvgIpc) is 2.61. The molecule has 0 spiro atoms. The number of carboxylic acids is 1. The van der Waals surface area contributed by atoms with Gasteiger partial charge in [0.25, 0.3) is 0 Å². The Hall–Kier alpha value is -2.52. The summed E-state index contributed by atoms with van der Waals surface area (Å²) < 4.78 is 10.00. The Kier molecular flexibility index (Phi) is 4.69. The predicted molar refractivity (Wildman–Crippen MR) is 83.7 cm³/mol. The third-order valence-corrected chi connectivity index (χ3v) is 4.05. The van der Waals surface area contributed by atoms with Crippen molar-refractivity contribution in [1.29, 1.82) is 0 Å². The molecule has 0 bridgehead atoms. The molecule has 1 saturated heterocycles. The van der Waals surface area contributed by atoms with Gasteiger partial charge in [-0.1, -0.05) is 36.4 Å². The highest BCUT2D eigenvalue weighted by molar-refractivity contribution is 6.04. The second-order valence-corrected chi connectivity index (χ2v) is 5.67. The number of carbonyl (C=O) groups excluding carboxylic acids is 1. The molecule has 25 heavy (non-hydrogen) atoms. The minimum atomic E-state index is -1.85. The topological polar surface area (TPSA) is 134 Å². The summed E-state index contributed by atoms with van der Waals surface area (Å²) in [5.41, 5.74) is 0.196. The second-order valence-electron chi connectivity index (χ2n) is 5.67. The van der Waals surface area contributed by atoms with Gasteiger partial charge in [0, 0.05) is 0 Å². The summed E-state index contributed by atoms with van der Waals surface area (Å²) in [4.78, 5) is 23.5. The van der Waals surface area contributed by atoms with Gasteiger partial charge in [0.05, 0.1) is 5.56 Å². The summed E-state index contributed by atoms with van der Waals surface area (Å²) in [6.45, 7) is 0. The number of hydrogen-bond donors (Lipinski definition) is 4. The first-order valence-corrected chi connectivity index (χ1v) is 7.51. The van der Waals surface area contributed by atoms with Gasteiger partial charge in [0.1, 0.15) is 18.3 Å². The van der Waals surface area contributed by atoms with Gasteiger partial charge in [-0.2, -0.15) is 0 Å². The summed E-state index contributed by atoms with van der Waals surface area (Å²) in [6.07, 6.45) is -9.03. The van der Waals surface area contributed by atoms with Crippen LogP contribution in [-0.4, -0.2) is 63.1 Å². The monoisotopic (exact) mass is 348 g/mol. The van der Waals surface area contributed by atoms with Gasteiger partial charge in [-0.25, -0.2) is 9.59 Å². The van der Waals surface area contributed by atoms with Crippen LogP contribution >= 0.6 is 0 Å². The molecule has 1 aliphatic heterocycles. The Morgan fingerprint density at radius 2 is 1.60 bits per heavy atom. The third kappa shape index (κ3) is 3.20. The van der Waals surface area contributed by atoms with Crippen LogP contribution in [0.15, 0.2) is 42.5 Å². The van der Waals surface area contributed by atoms with Crippen LogP contribution in [0.5, 0.6) is 0 Å². The normalized spacial score (nSPS) is 29.3. The van der Waals surface area contributed by atoms with Crippen molar-refractivity contribution in [2.45, 2.75) is 30.7 Å². The number of esters is 1. The fraction of sp³-hybridized carbons (Fsp3) is 0.294. The van der Waals surface area contributed by atoms with Crippen LogP contribution in [0.3, 0.4) is 0 Å². The molecule has 0 radical (unpaired) electrons. The molecule has 0 saturated carbocycles. The van der Waals surface area contributed by atoms with E-state index in [2.05, 4.69) is 0 Å². The second kappa shape index (κ2) is 6.77. The summed E-state index contributed by atoms with van der Waals surface area (Å²) in [5, 5.41) is 39.7. The van der Waals surface area contributed by atoms with E-state index in [1.54, 1.807) is 36.4 Å². The van der Waals surface area contributed by atoms with Gasteiger partial charge in [-0.3, -0.25) is 0 Å². The Balaban J connectivity index is 1.85. The van der Waals surface area contributed by atoms with Gasteiger partial charge in [-0.05, 0) is 16.8 Å². The van der Waals surface area contributed by atoms with Gasteiger partial charge < -0.3 is 29.9 Å². The fourth-order valence-corrected chi connectivity index (χ4v) is 2.72. The highest BCUT2D eigenvalue weighted by atomic mass is 16.7. The lowest BCUT2D eigenvalue weighted by molar-refractivity contribution is -0.278. The number of benzene rings is 2. The SMILES string of the molecule is O=C(OC1OC(C(=O)O)C(O)C(O)C1O)c1cccc2ccccc12. The molecule has 3 rings (SSSR count). The summed E-state index contributed by atoms with van der Waals surface area (Å²) >= 11 is 0. The van der Waals surface area contributed by atoms with E-state index in [4.69, 9.17) is 14.6 Å². The highest BCUT2D eigenvalue weighted by Gasteiger charge is 2.48. The predicted octanol–water partition coefficient (Wildman–Crippen LogP) is -0.111. The molecule has 0 aliphatic carbocycles. The first kappa shape index (κ1) is 17.3. The standard InChI is InChI=1S/C17H16O8/c18-11-12(19)14(15(21)22)24-17(13(11)20)25-16(23)10-7-3-5-8-4-1-2-6-9(8)10/h1-7,11-14,17-20H,(H,21,22). The molecule has 132 valence electrons. The molecule has 8 heteroatoms. The van der Waals surface area contributed by atoms with Gasteiger partial charge in [0.2, 0.25) is 6.29 Å². The van der Waals surface area contributed by atoms with Crippen molar-refractivity contribution in [2.24, 2.45) is 0 Å². The first-order valence-electron chi connectivity index (χ1n) is 7.51. The molecule has 2 aromatic rings. The van der Waals surface area contributed by atoms with E-state index >= 15 is 0 Å². The Labute approximate surface area is 141 Å². The molecule has 1 heterocycles. The van der Waals surface area contributed by atoms with Crippen molar-refractivity contribution in [3.63, 3.8) is 0 Å². The van der Waals surface area contributed by atoms with Gasteiger partial charge >= 0.3 is 11.9 Å². The summed E-state index contributed by atoms with van der Waals surface area (Å²) in [6, 6.07) is 12.0. The molecule has 0 aromatic heterocycles. The number of fused-ring (bicyclic) bond motifs is 1. The zero-order valence-corrected chi connectivity index (χ0v) is 12.9. The molecular formula is C17H16O8. The molecule has 4 N–H and O–H groups in total. The molecule has 0 amide bonds. The maximum atomic E-state index is 12.4. The maximum absolute atomic E-state index is 12.4. The number of aliphatic hydroxyl groups excluding tert-OH is 3. The number of aliphatic carboxylic acids is 1. The number of hydrogen-bond acceptors (Lipinski definition) is 7.